The van der Waals surface area contributed by atoms with E-state index < -0.39 is 0 Å². The van der Waals surface area contributed by atoms with Crippen molar-refractivity contribution in [1.29, 1.82) is 0 Å². The van der Waals surface area contributed by atoms with Crippen LogP contribution in [0.2, 0.25) is 0 Å². The topological polar surface area (TPSA) is 42.1 Å². The van der Waals surface area contributed by atoms with Gasteiger partial charge in [0.15, 0.2) is 0 Å². The summed E-state index contributed by atoms with van der Waals surface area (Å²) >= 11 is 3.56. The Morgan fingerprint density at radius 1 is 1.32 bits per heavy atom. The number of hydrogen-bond acceptors (Lipinski definition) is 3. The second-order valence-electron chi connectivity index (χ2n) is 4.79. The number of aromatic nitrogens is 1. The highest BCUT2D eigenvalue weighted by Crippen LogP contribution is 2.28. The van der Waals surface area contributed by atoms with E-state index in [1.807, 2.05) is 36.7 Å². The van der Waals surface area contributed by atoms with E-state index in [9.17, 15) is 0 Å². The lowest BCUT2D eigenvalue weighted by atomic mass is 10.1. The highest BCUT2D eigenvalue weighted by molar-refractivity contribution is 9.10. The first-order valence-corrected chi connectivity index (χ1v) is 7.08. The van der Waals surface area contributed by atoms with Gasteiger partial charge in [0.1, 0.15) is 0 Å². The van der Waals surface area contributed by atoms with Crippen molar-refractivity contribution in [1.82, 2.24) is 4.98 Å². The maximum Gasteiger partial charge on any atom is 0.0592 e. The minimum atomic E-state index is 0.389. The average Bonchev–Trinajstić information content (AvgIpc) is 2.37. The Hall–Kier alpha value is -1.55. The Kier molecular flexibility index (Phi) is 4.43. The molecule has 19 heavy (non-hydrogen) atoms. The number of hydrogen-bond donors (Lipinski definition) is 1. The first kappa shape index (κ1) is 13.9. The molecule has 0 aliphatic rings. The fourth-order valence-corrected chi connectivity index (χ4v) is 2.51. The Morgan fingerprint density at radius 3 is 2.74 bits per heavy atom. The van der Waals surface area contributed by atoms with Crippen molar-refractivity contribution in [3.05, 3.63) is 52.8 Å². The summed E-state index contributed by atoms with van der Waals surface area (Å²) in [6, 6.07) is 10.4. The molecule has 100 valence electrons. The lowest BCUT2D eigenvalue weighted by Crippen LogP contribution is -2.30. The summed E-state index contributed by atoms with van der Waals surface area (Å²) in [6.45, 7) is 5.18. The van der Waals surface area contributed by atoms with Crippen molar-refractivity contribution in [3.8, 4) is 0 Å². The van der Waals surface area contributed by atoms with Gasteiger partial charge in [-0.05, 0) is 53.5 Å². The third-order valence-electron chi connectivity index (χ3n) is 2.99. The van der Waals surface area contributed by atoms with Crippen molar-refractivity contribution in [2.45, 2.75) is 26.4 Å². The summed E-state index contributed by atoms with van der Waals surface area (Å²) in [7, 11) is 0. The SMILES string of the molecule is CC(C)N(Cc1cccc(N)c1)c1ccncc1Br. The van der Waals surface area contributed by atoms with E-state index in [1.165, 1.54) is 5.56 Å². The van der Waals surface area contributed by atoms with Crippen LogP contribution in [0.1, 0.15) is 19.4 Å². The molecule has 0 unspecified atom stereocenters. The summed E-state index contributed by atoms with van der Waals surface area (Å²) < 4.78 is 1.01. The van der Waals surface area contributed by atoms with E-state index in [2.05, 4.69) is 45.7 Å². The normalized spacial score (nSPS) is 10.7. The Balaban J connectivity index is 2.29. The molecule has 0 saturated heterocycles. The van der Waals surface area contributed by atoms with Crippen LogP contribution in [0.25, 0.3) is 0 Å². The lowest BCUT2D eigenvalue weighted by Gasteiger charge is -2.30. The van der Waals surface area contributed by atoms with E-state index in [0.717, 1.165) is 22.4 Å². The Labute approximate surface area is 122 Å². The lowest BCUT2D eigenvalue weighted by molar-refractivity contribution is 0.680. The Morgan fingerprint density at radius 2 is 2.11 bits per heavy atom. The molecule has 1 aromatic heterocycles. The van der Waals surface area contributed by atoms with Crippen molar-refractivity contribution < 1.29 is 0 Å². The van der Waals surface area contributed by atoms with Crippen LogP contribution in [0.15, 0.2) is 47.2 Å². The molecule has 0 radical (unpaired) electrons. The number of anilines is 2. The van der Waals surface area contributed by atoms with Gasteiger partial charge in [-0.2, -0.15) is 0 Å². The minimum absolute atomic E-state index is 0.389. The third kappa shape index (κ3) is 3.47. The van der Waals surface area contributed by atoms with Gasteiger partial charge in [0.25, 0.3) is 0 Å². The molecule has 0 atom stereocenters. The van der Waals surface area contributed by atoms with Crippen LogP contribution in [0, 0.1) is 0 Å². The van der Waals surface area contributed by atoms with Crippen molar-refractivity contribution in [3.63, 3.8) is 0 Å². The summed E-state index contributed by atoms with van der Waals surface area (Å²) in [5.41, 5.74) is 8.99. The molecule has 0 saturated carbocycles. The number of nitrogen functional groups attached to an aromatic ring is 1. The van der Waals surface area contributed by atoms with Crippen molar-refractivity contribution >= 4 is 27.3 Å². The molecule has 4 heteroatoms. The maximum atomic E-state index is 5.84. The van der Waals surface area contributed by atoms with Crippen LogP contribution in [-0.2, 0) is 6.54 Å². The molecule has 0 spiro atoms. The van der Waals surface area contributed by atoms with Gasteiger partial charge >= 0.3 is 0 Å². The zero-order valence-electron chi connectivity index (χ0n) is 11.2. The molecular weight excluding hydrogens is 302 g/mol. The molecule has 3 nitrogen and oxygen atoms in total. The van der Waals surface area contributed by atoms with Gasteiger partial charge in [0.2, 0.25) is 0 Å². The van der Waals surface area contributed by atoms with Gasteiger partial charge in [-0.1, -0.05) is 12.1 Å². The van der Waals surface area contributed by atoms with Gasteiger partial charge in [0.05, 0.1) is 10.2 Å². The average molecular weight is 320 g/mol. The van der Waals surface area contributed by atoms with E-state index >= 15 is 0 Å². The number of rotatable bonds is 4. The smallest absolute Gasteiger partial charge is 0.0592 e. The van der Waals surface area contributed by atoms with E-state index in [-0.39, 0.29) is 0 Å². The Bertz CT molecular complexity index is 555. The predicted octanol–water partition coefficient (Wildman–Crippen LogP) is 3.84. The molecular formula is C15H18BrN3. The molecule has 2 aromatic rings. The predicted molar refractivity (Wildman–Crippen MR) is 84.1 cm³/mol. The minimum Gasteiger partial charge on any atom is -0.399 e. The summed E-state index contributed by atoms with van der Waals surface area (Å²) in [6.07, 6.45) is 3.64. The fraction of sp³-hybridized carbons (Fsp3) is 0.267. The van der Waals surface area contributed by atoms with E-state index in [0.29, 0.717) is 6.04 Å². The van der Waals surface area contributed by atoms with Crippen LogP contribution < -0.4 is 10.6 Å². The summed E-state index contributed by atoms with van der Waals surface area (Å²) in [4.78, 5) is 6.43. The summed E-state index contributed by atoms with van der Waals surface area (Å²) in [5.74, 6) is 0. The van der Waals surface area contributed by atoms with Crippen molar-refractivity contribution in [2.24, 2.45) is 0 Å². The van der Waals surface area contributed by atoms with Crippen LogP contribution in [0.3, 0.4) is 0 Å². The zero-order chi connectivity index (χ0) is 13.8. The highest BCUT2D eigenvalue weighted by Gasteiger charge is 2.14. The molecule has 2 rings (SSSR count). The largest absolute Gasteiger partial charge is 0.399 e. The molecule has 0 fully saturated rings. The fourth-order valence-electron chi connectivity index (χ4n) is 2.03. The first-order valence-electron chi connectivity index (χ1n) is 6.28. The summed E-state index contributed by atoms with van der Waals surface area (Å²) in [5, 5.41) is 0. The molecule has 1 heterocycles. The molecule has 0 aliphatic carbocycles. The van der Waals surface area contributed by atoms with Gasteiger partial charge in [-0.15, -0.1) is 0 Å². The number of nitrogens with zero attached hydrogens (tertiary/aromatic N) is 2. The van der Waals surface area contributed by atoms with Gasteiger partial charge < -0.3 is 10.6 Å². The molecule has 1 aromatic carbocycles. The van der Waals surface area contributed by atoms with Crippen LogP contribution in [0.4, 0.5) is 11.4 Å². The third-order valence-corrected chi connectivity index (χ3v) is 3.60. The highest BCUT2D eigenvalue weighted by atomic mass is 79.9. The van der Waals surface area contributed by atoms with E-state index in [1.54, 1.807) is 0 Å². The number of halogens is 1. The monoisotopic (exact) mass is 319 g/mol. The number of benzene rings is 1. The molecule has 2 N–H and O–H groups in total. The number of pyridine rings is 1. The second kappa shape index (κ2) is 6.06. The van der Waals surface area contributed by atoms with Crippen molar-refractivity contribution in [2.75, 3.05) is 10.6 Å². The molecule has 0 bridgehead atoms. The standard InChI is InChI=1S/C15H18BrN3/c1-11(2)19(15-6-7-18-9-14(15)16)10-12-4-3-5-13(17)8-12/h3-9,11H,10,17H2,1-2H3. The molecule has 0 aliphatic heterocycles. The van der Waals surface area contributed by atoms with Crippen LogP contribution in [0.5, 0.6) is 0 Å². The number of nitrogens with two attached hydrogens (primary N) is 1. The van der Waals surface area contributed by atoms with Gasteiger partial charge in [-0.25, -0.2) is 0 Å². The van der Waals surface area contributed by atoms with E-state index in [4.69, 9.17) is 5.73 Å². The van der Waals surface area contributed by atoms with Crippen LogP contribution in [-0.4, -0.2) is 11.0 Å². The second-order valence-corrected chi connectivity index (χ2v) is 5.65. The van der Waals surface area contributed by atoms with Gasteiger partial charge in [0, 0.05) is 30.7 Å². The maximum absolute atomic E-state index is 5.84. The quantitative estimate of drug-likeness (QED) is 0.870. The van der Waals surface area contributed by atoms with Gasteiger partial charge in [-0.3, -0.25) is 4.98 Å². The first-order chi connectivity index (χ1) is 9.08. The zero-order valence-corrected chi connectivity index (χ0v) is 12.8. The van der Waals surface area contributed by atoms with Crippen LogP contribution >= 0.6 is 15.9 Å². The molecule has 0 amide bonds.